The average molecular weight is 320 g/mol. The van der Waals surface area contributed by atoms with Gasteiger partial charge in [-0.05, 0) is 38.3 Å². The van der Waals surface area contributed by atoms with E-state index in [2.05, 4.69) is 16.0 Å². The third-order valence-electron chi connectivity index (χ3n) is 3.65. The number of halogens is 1. The molecule has 0 saturated carbocycles. The van der Waals surface area contributed by atoms with Crippen LogP contribution < -0.4 is 16.0 Å². The molecule has 0 radical (unpaired) electrons. The van der Waals surface area contributed by atoms with Crippen molar-refractivity contribution in [3.8, 4) is 0 Å². The second-order valence-corrected chi connectivity index (χ2v) is 6.59. The molecule has 0 aliphatic carbocycles. The van der Waals surface area contributed by atoms with Crippen molar-refractivity contribution in [3.63, 3.8) is 0 Å². The number of piperidine rings is 1. The lowest BCUT2D eigenvalue weighted by molar-refractivity contribution is -0.128. The molecule has 1 saturated heterocycles. The van der Waals surface area contributed by atoms with Crippen molar-refractivity contribution >= 4 is 24.2 Å². The highest BCUT2D eigenvalue weighted by atomic mass is 35.5. The van der Waals surface area contributed by atoms with Crippen molar-refractivity contribution in [1.82, 2.24) is 16.0 Å². The van der Waals surface area contributed by atoms with Crippen molar-refractivity contribution in [1.29, 1.82) is 0 Å². The van der Waals surface area contributed by atoms with Crippen LogP contribution in [0.15, 0.2) is 0 Å². The van der Waals surface area contributed by atoms with E-state index in [1.165, 1.54) is 12.8 Å². The van der Waals surface area contributed by atoms with Gasteiger partial charge in [0, 0.05) is 24.9 Å². The third kappa shape index (κ3) is 8.94. The highest BCUT2D eigenvalue weighted by Gasteiger charge is 2.20. The molecule has 0 unspecified atom stereocenters. The summed E-state index contributed by atoms with van der Waals surface area (Å²) in [5, 5.41) is 9.01. The number of carbonyl (C=O) groups excluding carboxylic acids is 2. The molecule has 1 fully saturated rings. The fourth-order valence-electron chi connectivity index (χ4n) is 2.24. The first-order valence-corrected chi connectivity index (χ1v) is 7.65. The summed E-state index contributed by atoms with van der Waals surface area (Å²) >= 11 is 0. The van der Waals surface area contributed by atoms with Crippen LogP contribution in [0.2, 0.25) is 0 Å². The Hall–Kier alpha value is -0.810. The Morgan fingerprint density at radius 2 is 1.67 bits per heavy atom. The number of carbonyl (C=O) groups is 2. The van der Waals surface area contributed by atoms with Gasteiger partial charge in [0.25, 0.3) is 0 Å². The van der Waals surface area contributed by atoms with Crippen LogP contribution >= 0.6 is 12.4 Å². The lowest BCUT2D eigenvalue weighted by Crippen LogP contribution is -2.40. The summed E-state index contributed by atoms with van der Waals surface area (Å²) < 4.78 is 0. The van der Waals surface area contributed by atoms with E-state index >= 15 is 0 Å². The number of rotatable bonds is 6. The Kier molecular flexibility index (Phi) is 9.62. The Balaban J connectivity index is 0.00000400. The molecular formula is C15H30ClN3O2. The van der Waals surface area contributed by atoms with Crippen LogP contribution in [0.1, 0.15) is 46.5 Å². The number of hydrogen-bond donors (Lipinski definition) is 3. The summed E-state index contributed by atoms with van der Waals surface area (Å²) in [5.41, 5.74) is -0.376. The van der Waals surface area contributed by atoms with Gasteiger partial charge >= 0.3 is 0 Å². The largest absolute Gasteiger partial charge is 0.354 e. The van der Waals surface area contributed by atoms with Gasteiger partial charge in [0.05, 0.1) is 0 Å². The smallest absolute Gasteiger partial charge is 0.225 e. The summed E-state index contributed by atoms with van der Waals surface area (Å²) in [7, 11) is 0. The maximum Gasteiger partial charge on any atom is 0.225 e. The quantitative estimate of drug-likeness (QED) is 0.649. The van der Waals surface area contributed by atoms with Crippen LogP contribution in [-0.2, 0) is 9.59 Å². The summed E-state index contributed by atoms with van der Waals surface area (Å²) in [4.78, 5) is 23.3. The van der Waals surface area contributed by atoms with Gasteiger partial charge in [0.2, 0.25) is 11.8 Å². The molecule has 0 aromatic rings. The van der Waals surface area contributed by atoms with Gasteiger partial charge in [-0.25, -0.2) is 0 Å². The predicted molar refractivity (Wildman–Crippen MR) is 87.6 cm³/mol. The number of nitrogens with one attached hydrogen (secondary N) is 3. The highest BCUT2D eigenvalue weighted by Crippen LogP contribution is 2.17. The Morgan fingerprint density at radius 3 is 2.24 bits per heavy atom. The molecule has 0 spiro atoms. The van der Waals surface area contributed by atoms with E-state index in [9.17, 15) is 9.59 Å². The van der Waals surface area contributed by atoms with Gasteiger partial charge in [-0.1, -0.05) is 20.8 Å². The van der Waals surface area contributed by atoms with Crippen LogP contribution in [-0.4, -0.2) is 38.0 Å². The fraction of sp³-hybridized carbons (Fsp3) is 0.867. The summed E-state index contributed by atoms with van der Waals surface area (Å²) in [6, 6.07) is 0. The molecule has 6 heteroatoms. The van der Waals surface area contributed by atoms with Crippen LogP contribution in [0.3, 0.4) is 0 Å². The normalized spacial score (nSPS) is 16.0. The van der Waals surface area contributed by atoms with Gasteiger partial charge in [-0.15, -0.1) is 12.4 Å². The van der Waals surface area contributed by atoms with Crippen molar-refractivity contribution in [3.05, 3.63) is 0 Å². The van der Waals surface area contributed by atoms with Crippen molar-refractivity contribution in [2.24, 2.45) is 11.3 Å². The van der Waals surface area contributed by atoms with Crippen molar-refractivity contribution in [2.45, 2.75) is 46.5 Å². The minimum atomic E-state index is -0.376. The molecule has 1 aliphatic rings. The lowest BCUT2D eigenvalue weighted by Gasteiger charge is -2.22. The molecule has 1 rings (SSSR count). The van der Waals surface area contributed by atoms with Gasteiger partial charge in [-0.2, -0.15) is 0 Å². The van der Waals surface area contributed by atoms with E-state index < -0.39 is 0 Å². The minimum Gasteiger partial charge on any atom is -0.354 e. The first kappa shape index (κ1) is 20.2. The van der Waals surface area contributed by atoms with E-state index in [-0.39, 0.29) is 29.6 Å². The van der Waals surface area contributed by atoms with Gasteiger partial charge < -0.3 is 16.0 Å². The van der Waals surface area contributed by atoms with Crippen molar-refractivity contribution < 1.29 is 9.59 Å². The van der Waals surface area contributed by atoms with Gasteiger partial charge in [0.15, 0.2) is 0 Å². The molecule has 0 aromatic carbocycles. The molecule has 0 bridgehead atoms. The highest BCUT2D eigenvalue weighted by molar-refractivity contribution is 5.85. The van der Waals surface area contributed by atoms with Crippen molar-refractivity contribution in [2.75, 3.05) is 26.2 Å². The summed E-state index contributed by atoms with van der Waals surface area (Å²) in [6.45, 7) is 8.78. The fourth-order valence-corrected chi connectivity index (χ4v) is 2.24. The molecule has 1 aliphatic heterocycles. The zero-order valence-electron chi connectivity index (χ0n) is 13.5. The molecule has 0 atom stereocenters. The van der Waals surface area contributed by atoms with Gasteiger partial charge in [0.1, 0.15) is 0 Å². The second kappa shape index (κ2) is 10.0. The molecule has 21 heavy (non-hydrogen) atoms. The Labute approximate surface area is 134 Å². The van der Waals surface area contributed by atoms with Crippen LogP contribution in [0.4, 0.5) is 0 Å². The molecule has 1 heterocycles. The molecule has 2 amide bonds. The maximum absolute atomic E-state index is 11.7. The monoisotopic (exact) mass is 319 g/mol. The SMILES string of the molecule is CC(C)(C)C(=O)NCCNC(=O)CCC1CCNCC1.Cl. The van der Waals surface area contributed by atoms with Crippen LogP contribution in [0, 0.1) is 11.3 Å². The maximum atomic E-state index is 11.7. The molecule has 124 valence electrons. The van der Waals surface area contributed by atoms with E-state index in [0.717, 1.165) is 19.5 Å². The summed E-state index contributed by atoms with van der Waals surface area (Å²) in [6.07, 6.45) is 3.92. The van der Waals surface area contributed by atoms with E-state index in [0.29, 0.717) is 25.4 Å². The zero-order valence-corrected chi connectivity index (χ0v) is 14.3. The van der Waals surface area contributed by atoms with Crippen LogP contribution in [0.5, 0.6) is 0 Å². The standard InChI is InChI=1S/C15H29N3O2.ClH/c1-15(2,3)14(20)18-11-10-17-13(19)5-4-12-6-8-16-9-7-12;/h12,16H,4-11H2,1-3H3,(H,17,19)(H,18,20);1H. The zero-order chi connectivity index (χ0) is 15.0. The topological polar surface area (TPSA) is 70.2 Å². The minimum absolute atomic E-state index is 0. The predicted octanol–water partition coefficient (Wildman–Crippen LogP) is 1.47. The molecule has 5 nitrogen and oxygen atoms in total. The average Bonchev–Trinajstić information content (AvgIpc) is 2.41. The van der Waals surface area contributed by atoms with E-state index in [1.807, 2.05) is 20.8 Å². The molecule has 3 N–H and O–H groups in total. The molecular weight excluding hydrogens is 290 g/mol. The second-order valence-electron chi connectivity index (χ2n) is 6.59. The first-order valence-electron chi connectivity index (χ1n) is 7.65. The summed E-state index contributed by atoms with van der Waals surface area (Å²) in [5.74, 6) is 0.789. The van der Waals surface area contributed by atoms with E-state index in [4.69, 9.17) is 0 Å². The lowest BCUT2D eigenvalue weighted by atomic mass is 9.93. The number of amides is 2. The Bertz CT molecular complexity index is 323. The van der Waals surface area contributed by atoms with E-state index in [1.54, 1.807) is 0 Å². The third-order valence-corrected chi connectivity index (χ3v) is 3.65. The van der Waals surface area contributed by atoms with Gasteiger partial charge in [-0.3, -0.25) is 9.59 Å². The molecule has 0 aromatic heterocycles. The number of hydrogen-bond acceptors (Lipinski definition) is 3. The van der Waals surface area contributed by atoms with Crippen LogP contribution in [0.25, 0.3) is 0 Å². The first-order chi connectivity index (χ1) is 9.39. The Morgan fingerprint density at radius 1 is 1.10 bits per heavy atom.